The van der Waals surface area contributed by atoms with E-state index in [1.54, 1.807) is 37.8 Å². The zero-order valence-corrected chi connectivity index (χ0v) is 34.2. The molecular weight excluding hydrogens is 753 g/mol. The molecule has 0 spiro atoms. The van der Waals surface area contributed by atoms with Crippen molar-refractivity contribution in [3.8, 4) is 11.5 Å². The molecule has 0 radical (unpaired) electrons. The van der Waals surface area contributed by atoms with Gasteiger partial charge < -0.3 is 18.9 Å². The number of carbonyl (C=O) groups excluding carboxylic acids is 2. The van der Waals surface area contributed by atoms with E-state index in [0.29, 0.717) is 45.0 Å². The highest BCUT2D eigenvalue weighted by Crippen LogP contribution is 2.35. The quantitative estimate of drug-likeness (QED) is 0.0945. The van der Waals surface area contributed by atoms with Crippen LogP contribution in [0.1, 0.15) is 27.7 Å². The second-order valence-corrected chi connectivity index (χ2v) is 20.2. The van der Waals surface area contributed by atoms with Crippen LogP contribution < -0.4 is 9.47 Å². The first-order valence-corrected chi connectivity index (χ1v) is 23.6. The van der Waals surface area contributed by atoms with Crippen LogP contribution in [0.4, 0.5) is 0 Å². The molecule has 2 heterocycles. The number of rotatable bonds is 20. The van der Waals surface area contributed by atoms with Crippen molar-refractivity contribution in [2.24, 2.45) is 0 Å². The molecule has 0 aliphatic carbocycles. The lowest BCUT2D eigenvalue weighted by atomic mass is 10.3. The average Bonchev–Trinajstić information content (AvgIpc) is 3.85. The van der Waals surface area contributed by atoms with E-state index >= 15 is 0 Å². The van der Waals surface area contributed by atoms with Crippen LogP contribution in [-0.4, -0.2) is 92.5 Å². The first-order valence-electron chi connectivity index (χ1n) is 16.3. The van der Waals surface area contributed by atoms with Crippen molar-refractivity contribution in [2.75, 3.05) is 59.2 Å². The summed E-state index contributed by atoms with van der Waals surface area (Å²) in [6.45, 7) is 7.84. The van der Waals surface area contributed by atoms with Crippen molar-refractivity contribution in [3.05, 3.63) is 71.8 Å². The molecule has 2 atom stereocenters. The van der Waals surface area contributed by atoms with Gasteiger partial charge in [0.25, 0.3) is 0 Å². The van der Waals surface area contributed by atoms with Crippen molar-refractivity contribution in [2.45, 2.75) is 58.9 Å². The van der Waals surface area contributed by atoms with E-state index in [4.69, 9.17) is 18.9 Å². The molecule has 2 unspecified atom stereocenters. The first kappa shape index (κ1) is 40.7. The molecule has 2 saturated heterocycles. The van der Waals surface area contributed by atoms with Crippen LogP contribution >= 0.6 is 82.3 Å². The van der Waals surface area contributed by atoms with Crippen LogP contribution in [0.15, 0.2) is 81.6 Å². The number of esters is 2. The highest BCUT2D eigenvalue weighted by molar-refractivity contribution is 8.21. The fraction of sp³-hybridized carbons (Fsp3) is 0.500. The number of hydrogen-bond acceptors (Lipinski definition) is 13. The van der Waals surface area contributed by atoms with Crippen molar-refractivity contribution < 1.29 is 28.5 Å². The maximum Gasteiger partial charge on any atom is 0.333 e. The Morgan fingerprint density at radius 2 is 1.04 bits per heavy atom. The molecule has 4 rings (SSSR count). The van der Waals surface area contributed by atoms with Gasteiger partial charge in [0.2, 0.25) is 0 Å². The highest BCUT2D eigenvalue weighted by Gasteiger charge is 2.22. The van der Waals surface area contributed by atoms with E-state index in [1.165, 1.54) is 23.0 Å². The topological polar surface area (TPSA) is 71.1 Å². The predicted octanol–water partition coefficient (Wildman–Crippen LogP) is 9.43. The summed E-state index contributed by atoms with van der Waals surface area (Å²) in [4.78, 5) is 27.1. The van der Waals surface area contributed by atoms with Crippen molar-refractivity contribution in [3.63, 3.8) is 0 Å². The smallest absolute Gasteiger partial charge is 0.333 e. The monoisotopic (exact) mass is 798 g/mol. The maximum absolute atomic E-state index is 12.5. The van der Waals surface area contributed by atoms with E-state index in [0.717, 1.165) is 32.8 Å². The van der Waals surface area contributed by atoms with Crippen molar-refractivity contribution in [1.29, 1.82) is 0 Å². The third-order valence-electron chi connectivity index (χ3n) is 7.31. The van der Waals surface area contributed by atoms with Crippen LogP contribution in [0.5, 0.6) is 11.5 Å². The van der Waals surface area contributed by atoms with Crippen LogP contribution in [0.3, 0.4) is 0 Å². The Labute approximate surface area is 321 Å². The SMILES string of the molecule is C/C=C(\C)C(=O)OC(COc1ccc(Sc2ccc(OCC(CSCC3SCCS3)OC(=O)/C(C)=C/C)cc2)cc1)CSCC1SCCS1. The minimum atomic E-state index is -0.327. The summed E-state index contributed by atoms with van der Waals surface area (Å²) in [7, 11) is 0. The average molecular weight is 799 g/mol. The van der Waals surface area contributed by atoms with Gasteiger partial charge in [0, 0.05) is 67.0 Å². The maximum atomic E-state index is 12.5. The Balaban J connectivity index is 1.24. The number of hydrogen-bond donors (Lipinski definition) is 0. The molecule has 2 aromatic carbocycles. The Bertz CT molecular complexity index is 1250. The van der Waals surface area contributed by atoms with Gasteiger partial charge in [0.15, 0.2) is 0 Å². The van der Waals surface area contributed by atoms with Crippen LogP contribution in [0.2, 0.25) is 0 Å². The fourth-order valence-corrected chi connectivity index (χ4v) is 13.8. The molecule has 0 saturated carbocycles. The Kier molecular flexibility index (Phi) is 18.9. The van der Waals surface area contributed by atoms with Crippen LogP contribution in [-0.2, 0) is 19.1 Å². The molecule has 2 fully saturated rings. The van der Waals surface area contributed by atoms with Gasteiger partial charge >= 0.3 is 11.9 Å². The van der Waals surface area contributed by atoms with Gasteiger partial charge in [0.1, 0.15) is 36.9 Å². The van der Waals surface area contributed by atoms with Gasteiger partial charge in [-0.15, -0.1) is 47.0 Å². The summed E-state index contributed by atoms with van der Waals surface area (Å²) < 4.78 is 25.0. The molecule has 0 bridgehead atoms. The predicted molar refractivity (Wildman–Crippen MR) is 219 cm³/mol. The van der Waals surface area contributed by atoms with Gasteiger partial charge in [-0.05, 0) is 76.2 Å². The van der Waals surface area contributed by atoms with Gasteiger partial charge in [-0.3, -0.25) is 0 Å². The largest absolute Gasteiger partial charge is 0.490 e. The lowest BCUT2D eigenvalue weighted by molar-refractivity contribution is -0.145. The number of benzene rings is 2. The zero-order chi connectivity index (χ0) is 34.8. The molecule has 2 aliphatic rings. The van der Waals surface area contributed by atoms with E-state index in [9.17, 15) is 9.59 Å². The third kappa shape index (κ3) is 15.2. The number of thioether (sulfide) groups is 6. The fourth-order valence-electron chi connectivity index (χ4n) is 4.28. The Morgan fingerprint density at radius 3 is 1.39 bits per heavy atom. The summed E-state index contributed by atoms with van der Waals surface area (Å²) >= 11 is 13.3. The highest BCUT2D eigenvalue weighted by atomic mass is 32.2. The van der Waals surface area contributed by atoms with Crippen molar-refractivity contribution in [1.82, 2.24) is 0 Å². The third-order valence-corrected chi connectivity index (χ3v) is 17.6. The van der Waals surface area contributed by atoms with Crippen molar-refractivity contribution >= 4 is 94.3 Å². The van der Waals surface area contributed by atoms with Gasteiger partial charge in [-0.25, -0.2) is 9.59 Å². The summed E-state index contributed by atoms with van der Waals surface area (Å²) in [6, 6.07) is 15.9. The van der Waals surface area contributed by atoms with Gasteiger partial charge in [-0.2, -0.15) is 23.5 Å². The molecule has 6 nitrogen and oxygen atoms in total. The number of carbonyl (C=O) groups is 2. The minimum Gasteiger partial charge on any atom is -0.490 e. The summed E-state index contributed by atoms with van der Waals surface area (Å²) in [5.41, 5.74) is 1.20. The minimum absolute atomic E-state index is 0.292. The van der Waals surface area contributed by atoms with E-state index in [2.05, 4.69) is 0 Å². The second kappa shape index (κ2) is 22.8. The standard InChI is InChI=1S/C36H46O6S7/c1-5-25(3)35(37)41-29(21-43-23-33-45-15-16-46-33)19-39-27-7-11-31(12-8-27)49-32-13-9-28(10-14-32)40-20-30(42-36(38)26(4)6-2)22-44-24-34-47-17-18-48-34/h5-14,29-30,33-34H,15-24H2,1-4H3/b25-5+,26-6+. The van der Waals surface area contributed by atoms with E-state index in [1.807, 2.05) is 133 Å². The van der Waals surface area contributed by atoms with Gasteiger partial charge in [-0.1, -0.05) is 23.9 Å². The molecule has 49 heavy (non-hydrogen) atoms. The molecule has 268 valence electrons. The Morgan fingerprint density at radius 1 is 0.673 bits per heavy atom. The van der Waals surface area contributed by atoms with Gasteiger partial charge in [0.05, 0.1) is 9.16 Å². The van der Waals surface area contributed by atoms with E-state index < -0.39 is 0 Å². The molecule has 0 aromatic heterocycles. The number of ether oxygens (including phenoxy) is 4. The zero-order valence-electron chi connectivity index (χ0n) is 28.5. The normalized spacial score (nSPS) is 17.1. The molecule has 13 heteroatoms. The second-order valence-electron chi connectivity index (χ2n) is 11.1. The molecule has 2 aromatic rings. The summed E-state index contributed by atoms with van der Waals surface area (Å²) in [6.07, 6.45) is 2.89. The first-order chi connectivity index (χ1) is 23.8. The molecule has 0 N–H and O–H groups in total. The van der Waals surface area contributed by atoms with Crippen LogP contribution in [0.25, 0.3) is 0 Å². The lowest BCUT2D eigenvalue weighted by Gasteiger charge is -2.19. The molecule has 2 aliphatic heterocycles. The van der Waals surface area contributed by atoms with Crippen LogP contribution in [0, 0.1) is 0 Å². The summed E-state index contributed by atoms with van der Waals surface area (Å²) in [5.74, 6) is 9.21. The Hall–Kier alpha value is -1.09. The lowest BCUT2D eigenvalue weighted by Crippen LogP contribution is -2.28. The summed E-state index contributed by atoms with van der Waals surface area (Å²) in [5, 5.41) is 0. The molecule has 0 amide bonds. The van der Waals surface area contributed by atoms with E-state index in [-0.39, 0.29) is 24.1 Å². The molecular formula is C36H46O6S7. The number of allylic oxidation sites excluding steroid dienone is 2.